The number of hydrogen-bond acceptors (Lipinski definition) is 4. The number of methoxy groups -OCH3 is 1. The highest BCUT2D eigenvalue weighted by molar-refractivity contribution is 5.53. The van der Waals surface area contributed by atoms with Crippen molar-refractivity contribution in [3.05, 3.63) is 51.2 Å². The van der Waals surface area contributed by atoms with E-state index in [0.29, 0.717) is 11.4 Å². The van der Waals surface area contributed by atoms with Crippen LogP contribution in [0.25, 0.3) is 5.69 Å². The maximum Gasteiger partial charge on any atom is 0.330 e. The third-order valence-corrected chi connectivity index (χ3v) is 2.28. The number of rotatable bonds is 3. The van der Waals surface area contributed by atoms with Crippen LogP contribution in [0.2, 0.25) is 0 Å². The molecule has 1 aromatic carbocycles. The lowest BCUT2D eigenvalue weighted by Gasteiger charge is -2.07. The van der Waals surface area contributed by atoms with Crippen LogP contribution in [0, 0.1) is 10.1 Å². The number of aromatic nitrogens is 2. The topological polar surface area (TPSA) is 90.2 Å². The zero-order valence-electron chi connectivity index (χ0n) is 8.91. The summed E-state index contributed by atoms with van der Waals surface area (Å²) in [6.07, 6.45) is 2.92. The lowest BCUT2D eigenvalue weighted by atomic mass is 10.2. The second-order valence-corrected chi connectivity index (χ2v) is 3.25. The zero-order valence-corrected chi connectivity index (χ0v) is 8.91. The first kappa shape index (κ1) is 10.9. The molecule has 88 valence electrons. The van der Waals surface area contributed by atoms with Gasteiger partial charge in [0.1, 0.15) is 5.75 Å². The molecule has 7 nitrogen and oxygen atoms in total. The van der Waals surface area contributed by atoms with E-state index in [1.807, 2.05) is 0 Å². The van der Waals surface area contributed by atoms with Gasteiger partial charge in [-0.1, -0.05) is 0 Å². The molecule has 17 heavy (non-hydrogen) atoms. The molecule has 0 saturated carbocycles. The summed E-state index contributed by atoms with van der Waals surface area (Å²) in [5, 5.41) is 10.7. The molecule has 0 saturated heterocycles. The number of nitro benzene ring substituents is 1. The Morgan fingerprint density at radius 3 is 2.76 bits per heavy atom. The van der Waals surface area contributed by atoms with Crippen molar-refractivity contribution in [2.75, 3.05) is 7.11 Å². The van der Waals surface area contributed by atoms with Crippen LogP contribution in [0.3, 0.4) is 0 Å². The monoisotopic (exact) mass is 235 g/mol. The van der Waals surface area contributed by atoms with E-state index in [-0.39, 0.29) is 11.4 Å². The summed E-state index contributed by atoms with van der Waals surface area (Å²) >= 11 is 0. The minimum Gasteiger partial charge on any atom is -0.495 e. The molecule has 2 aromatic rings. The largest absolute Gasteiger partial charge is 0.495 e. The molecule has 1 heterocycles. The van der Waals surface area contributed by atoms with Gasteiger partial charge in [-0.15, -0.1) is 0 Å². The van der Waals surface area contributed by atoms with Crippen molar-refractivity contribution in [1.29, 1.82) is 0 Å². The van der Waals surface area contributed by atoms with E-state index in [1.165, 1.54) is 42.3 Å². The van der Waals surface area contributed by atoms with Crippen molar-refractivity contribution in [2.24, 2.45) is 0 Å². The van der Waals surface area contributed by atoms with Gasteiger partial charge in [-0.3, -0.25) is 14.7 Å². The van der Waals surface area contributed by atoms with E-state index >= 15 is 0 Å². The summed E-state index contributed by atoms with van der Waals surface area (Å²) in [7, 11) is 1.43. The fraction of sp³-hybridized carbons (Fsp3) is 0.100. The number of non-ortho nitro benzene ring substituents is 1. The van der Waals surface area contributed by atoms with Crippen LogP contribution in [-0.2, 0) is 0 Å². The molecular formula is C10H9N3O4. The van der Waals surface area contributed by atoms with Crippen molar-refractivity contribution in [3.63, 3.8) is 0 Å². The molecular weight excluding hydrogens is 226 g/mol. The van der Waals surface area contributed by atoms with Gasteiger partial charge in [0.15, 0.2) is 0 Å². The lowest BCUT2D eigenvalue weighted by Crippen LogP contribution is -2.15. The molecule has 0 unspecified atom stereocenters. The standard InChI is InChI=1S/C10H9N3O4/c1-17-9-3-2-7(13(15)16)6-8(9)12-5-4-11-10(12)14/h2-6H,1H3,(H,11,14). The molecule has 7 heteroatoms. The first-order valence-corrected chi connectivity index (χ1v) is 4.72. The first-order chi connectivity index (χ1) is 8.13. The SMILES string of the molecule is COc1ccc([N+](=O)[O-])cc1-n1cc[nH]c1=O. The summed E-state index contributed by atoms with van der Waals surface area (Å²) in [5.41, 5.74) is -0.161. The summed E-state index contributed by atoms with van der Waals surface area (Å²) in [6, 6.07) is 4.06. The average Bonchev–Trinajstić information content (AvgIpc) is 2.74. The minimum atomic E-state index is -0.527. The van der Waals surface area contributed by atoms with E-state index in [4.69, 9.17) is 4.74 Å². The molecule has 0 amide bonds. The predicted molar refractivity (Wildman–Crippen MR) is 59.6 cm³/mol. The number of aromatic amines is 1. The maximum atomic E-state index is 11.5. The van der Waals surface area contributed by atoms with Gasteiger partial charge in [0.05, 0.1) is 17.7 Å². The molecule has 0 aliphatic carbocycles. The van der Waals surface area contributed by atoms with Crippen LogP contribution in [0.15, 0.2) is 35.4 Å². The van der Waals surface area contributed by atoms with E-state index < -0.39 is 4.92 Å². The highest BCUT2D eigenvalue weighted by Gasteiger charge is 2.13. The van der Waals surface area contributed by atoms with E-state index in [9.17, 15) is 14.9 Å². The van der Waals surface area contributed by atoms with Crippen LogP contribution in [0.4, 0.5) is 5.69 Å². The van der Waals surface area contributed by atoms with Crippen molar-refractivity contribution in [2.45, 2.75) is 0 Å². The molecule has 0 spiro atoms. The molecule has 0 radical (unpaired) electrons. The minimum absolute atomic E-state index is 0.103. The molecule has 0 aliphatic heterocycles. The average molecular weight is 235 g/mol. The van der Waals surface area contributed by atoms with Gasteiger partial charge < -0.3 is 9.72 Å². The Labute approximate surface area is 95.4 Å². The normalized spacial score (nSPS) is 10.2. The predicted octanol–water partition coefficient (Wildman–Crippen LogP) is 1.08. The summed E-state index contributed by atoms with van der Waals surface area (Å²) in [6.45, 7) is 0. The van der Waals surface area contributed by atoms with Crippen LogP contribution < -0.4 is 10.4 Å². The van der Waals surface area contributed by atoms with Crippen LogP contribution in [-0.4, -0.2) is 21.6 Å². The quantitative estimate of drug-likeness (QED) is 0.636. The van der Waals surface area contributed by atoms with Gasteiger partial charge in [-0.25, -0.2) is 4.79 Å². The Balaban J connectivity index is 2.66. The smallest absolute Gasteiger partial charge is 0.330 e. The van der Waals surface area contributed by atoms with Gasteiger partial charge in [0.2, 0.25) is 0 Å². The molecule has 1 aromatic heterocycles. The second-order valence-electron chi connectivity index (χ2n) is 3.25. The van der Waals surface area contributed by atoms with Crippen LogP contribution in [0.1, 0.15) is 0 Å². The number of imidazole rings is 1. The van der Waals surface area contributed by atoms with Gasteiger partial charge in [-0.2, -0.15) is 0 Å². The van der Waals surface area contributed by atoms with Crippen molar-refractivity contribution >= 4 is 5.69 Å². The molecule has 2 rings (SSSR count). The highest BCUT2D eigenvalue weighted by Crippen LogP contribution is 2.26. The number of hydrogen-bond donors (Lipinski definition) is 1. The fourth-order valence-electron chi connectivity index (χ4n) is 1.49. The maximum absolute atomic E-state index is 11.5. The Hall–Kier alpha value is -2.57. The number of nitrogens with zero attached hydrogens (tertiary/aromatic N) is 2. The van der Waals surface area contributed by atoms with Crippen molar-refractivity contribution < 1.29 is 9.66 Å². The first-order valence-electron chi connectivity index (χ1n) is 4.72. The van der Waals surface area contributed by atoms with Crippen LogP contribution in [0.5, 0.6) is 5.75 Å². The van der Waals surface area contributed by atoms with E-state index in [0.717, 1.165) is 0 Å². The number of nitrogens with one attached hydrogen (secondary N) is 1. The van der Waals surface area contributed by atoms with Gasteiger partial charge >= 0.3 is 5.69 Å². The van der Waals surface area contributed by atoms with Crippen LogP contribution >= 0.6 is 0 Å². The second kappa shape index (κ2) is 4.12. The third kappa shape index (κ3) is 1.89. The molecule has 0 fully saturated rings. The Morgan fingerprint density at radius 2 is 2.24 bits per heavy atom. The van der Waals surface area contributed by atoms with Crippen molar-refractivity contribution in [1.82, 2.24) is 9.55 Å². The van der Waals surface area contributed by atoms with Crippen molar-refractivity contribution in [3.8, 4) is 11.4 Å². The zero-order chi connectivity index (χ0) is 12.4. The molecule has 0 atom stereocenters. The van der Waals surface area contributed by atoms with E-state index in [2.05, 4.69) is 4.98 Å². The molecule has 1 N–H and O–H groups in total. The van der Waals surface area contributed by atoms with Gasteiger partial charge in [0.25, 0.3) is 5.69 Å². The summed E-state index contributed by atoms with van der Waals surface area (Å²) in [4.78, 5) is 24.0. The Morgan fingerprint density at radius 1 is 1.47 bits per heavy atom. The fourth-order valence-corrected chi connectivity index (χ4v) is 1.49. The third-order valence-electron chi connectivity index (χ3n) is 2.28. The highest BCUT2D eigenvalue weighted by atomic mass is 16.6. The van der Waals surface area contributed by atoms with E-state index in [1.54, 1.807) is 0 Å². The van der Waals surface area contributed by atoms with Gasteiger partial charge in [0, 0.05) is 24.5 Å². The number of benzene rings is 1. The molecule has 0 aliphatic rings. The number of nitro groups is 1. The lowest BCUT2D eigenvalue weighted by molar-refractivity contribution is -0.384. The number of ether oxygens (including phenoxy) is 1. The summed E-state index contributed by atoms with van der Waals surface area (Å²) < 4.78 is 6.30. The molecule has 0 bridgehead atoms. The Bertz CT molecular complexity index is 614. The summed E-state index contributed by atoms with van der Waals surface area (Å²) in [5.74, 6) is 0.386. The van der Waals surface area contributed by atoms with Gasteiger partial charge in [-0.05, 0) is 6.07 Å². The Kier molecular flexibility index (Phi) is 2.65. The number of H-pyrrole nitrogens is 1.